The Labute approximate surface area is 275 Å². The summed E-state index contributed by atoms with van der Waals surface area (Å²) >= 11 is 0. The lowest BCUT2D eigenvalue weighted by Gasteiger charge is -2.32. The maximum absolute atomic E-state index is 13.7. The molecule has 0 saturated carbocycles. The summed E-state index contributed by atoms with van der Waals surface area (Å²) in [6, 6.07) is 5.62. The number of aliphatic carboxylic acids is 1. The number of benzene rings is 1. The van der Waals surface area contributed by atoms with Gasteiger partial charge in [-0.15, -0.1) is 0 Å². The fourth-order valence-electron chi connectivity index (χ4n) is 5.06. The Bertz CT molecular complexity index is 1220. The molecule has 1 fully saturated rings. The molecule has 0 aromatic heterocycles. The summed E-state index contributed by atoms with van der Waals surface area (Å²) in [6.07, 6.45) is 1.32. The first kappa shape index (κ1) is 38.7. The van der Waals surface area contributed by atoms with E-state index in [0.29, 0.717) is 38.5 Å². The van der Waals surface area contributed by atoms with Crippen LogP contribution in [0.25, 0.3) is 0 Å². The monoisotopic (exact) mass is 659 g/mol. The molecule has 2 rings (SSSR count). The zero-order valence-electron chi connectivity index (χ0n) is 27.7. The van der Waals surface area contributed by atoms with E-state index in [1.165, 1.54) is 4.90 Å². The Hall–Kier alpha value is -4.49. The molecular formula is C33H49N5O9. The largest absolute Gasteiger partial charge is 0.481 e. The molecule has 0 radical (unpaired) electrons. The summed E-state index contributed by atoms with van der Waals surface area (Å²) in [5.74, 6) is -3.80. The number of aldehydes is 1. The quantitative estimate of drug-likeness (QED) is 0.109. The highest BCUT2D eigenvalue weighted by Gasteiger charge is 2.40. The average molecular weight is 660 g/mol. The zero-order valence-corrected chi connectivity index (χ0v) is 27.7. The fourth-order valence-corrected chi connectivity index (χ4v) is 5.06. The predicted octanol–water partition coefficient (Wildman–Crippen LogP) is 1.90. The van der Waals surface area contributed by atoms with E-state index in [-0.39, 0.29) is 37.8 Å². The second-order valence-corrected chi connectivity index (χ2v) is 12.3. The van der Waals surface area contributed by atoms with Crippen LogP contribution in [-0.4, -0.2) is 89.2 Å². The molecule has 5 amide bonds. The van der Waals surface area contributed by atoms with Crippen LogP contribution in [0.2, 0.25) is 0 Å². The number of carbonyl (C=O) groups is 7. The van der Waals surface area contributed by atoms with Gasteiger partial charge in [0.25, 0.3) is 0 Å². The number of carbonyl (C=O) groups excluding carboxylic acids is 6. The number of carboxylic acid groups (broad SMARTS) is 1. The second kappa shape index (κ2) is 19.9. The number of ether oxygens (including phenoxy) is 1. The minimum atomic E-state index is -1.16. The highest BCUT2D eigenvalue weighted by Crippen LogP contribution is 2.21. The Morgan fingerprint density at radius 3 is 2.28 bits per heavy atom. The molecule has 0 unspecified atom stereocenters. The highest BCUT2D eigenvalue weighted by atomic mass is 16.5. The normalized spacial score (nSPS) is 16.1. The van der Waals surface area contributed by atoms with Gasteiger partial charge in [0.15, 0.2) is 0 Å². The van der Waals surface area contributed by atoms with Crippen LogP contribution in [0.4, 0.5) is 4.79 Å². The van der Waals surface area contributed by atoms with Crippen molar-refractivity contribution in [3.63, 3.8) is 0 Å². The molecule has 1 aliphatic heterocycles. The van der Waals surface area contributed by atoms with Crippen LogP contribution in [0.15, 0.2) is 30.3 Å². The SMILES string of the molecule is CC(C)[C@H](NC(=O)[C@H](CCCCNC(=O)OCc1ccccc1)NC(=O)CCC(=O)O)C(=O)N1CCC[C@H]1C(=O)N[C@H](C=O)C(C)C. The standard InChI is InChI=1S/C33H49N5O9/c1-21(2)25(19-39)36-31(44)26-14-10-18-38(26)32(45)29(22(3)4)37-30(43)24(35-27(40)15-16-28(41)42)13-8-9-17-34-33(46)47-20-23-11-6-5-7-12-23/h5-7,11-12,19,21-22,24-26,29H,8-10,13-18,20H2,1-4H3,(H,34,46)(H,35,40)(H,36,44)(H,37,43)(H,41,42)/t24-,25+,26-,29-/m0/s1. The van der Waals surface area contributed by atoms with Gasteiger partial charge < -0.3 is 40.8 Å². The summed E-state index contributed by atoms with van der Waals surface area (Å²) < 4.78 is 5.19. The summed E-state index contributed by atoms with van der Waals surface area (Å²) in [7, 11) is 0. The zero-order chi connectivity index (χ0) is 34.9. The van der Waals surface area contributed by atoms with Gasteiger partial charge >= 0.3 is 12.1 Å². The highest BCUT2D eigenvalue weighted by molar-refractivity contribution is 5.95. The van der Waals surface area contributed by atoms with E-state index in [1.54, 1.807) is 27.7 Å². The first-order valence-electron chi connectivity index (χ1n) is 16.2. The molecule has 1 aromatic carbocycles. The van der Waals surface area contributed by atoms with Crippen molar-refractivity contribution in [1.82, 2.24) is 26.2 Å². The number of carboxylic acids is 1. The van der Waals surface area contributed by atoms with Crippen molar-refractivity contribution in [2.45, 2.75) is 103 Å². The van der Waals surface area contributed by atoms with Gasteiger partial charge in [0.05, 0.1) is 12.5 Å². The van der Waals surface area contributed by atoms with Gasteiger partial charge in [-0.05, 0) is 49.5 Å². The molecule has 1 saturated heterocycles. The van der Waals surface area contributed by atoms with Crippen molar-refractivity contribution in [3.8, 4) is 0 Å². The van der Waals surface area contributed by atoms with Gasteiger partial charge in [0, 0.05) is 19.5 Å². The summed E-state index contributed by atoms with van der Waals surface area (Å²) in [4.78, 5) is 88.6. The lowest BCUT2D eigenvalue weighted by atomic mass is 10.00. The van der Waals surface area contributed by atoms with E-state index in [9.17, 15) is 33.6 Å². The Kier molecular flexibility index (Phi) is 16.4. The van der Waals surface area contributed by atoms with Crippen LogP contribution < -0.4 is 21.3 Å². The van der Waals surface area contributed by atoms with Crippen LogP contribution in [0.5, 0.6) is 0 Å². The van der Waals surface area contributed by atoms with Gasteiger partial charge in [0.1, 0.15) is 31.0 Å². The van der Waals surface area contributed by atoms with Gasteiger partial charge in [-0.3, -0.25) is 24.0 Å². The van der Waals surface area contributed by atoms with Crippen molar-refractivity contribution in [1.29, 1.82) is 0 Å². The maximum atomic E-state index is 13.7. The maximum Gasteiger partial charge on any atom is 0.407 e. The molecule has 0 aliphatic carbocycles. The molecule has 0 bridgehead atoms. The fraction of sp³-hybridized carbons (Fsp3) is 0.606. The molecule has 5 N–H and O–H groups in total. The smallest absolute Gasteiger partial charge is 0.407 e. The van der Waals surface area contributed by atoms with E-state index in [4.69, 9.17) is 9.84 Å². The van der Waals surface area contributed by atoms with Gasteiger partial charge in [-0.25, -0.2) is 4.79 Å². The minimum absolute atomic E-state index is 0.118. The van der Waals surface area contributed by atoms with Gasteiger partial charge in [-0.1, -0.05) is 58.0 Å². The third kappa shape index (κ3) is 13.4. The minimum Gasteiger partial charge on any atom is -0.481 e. The lowest BCUT2D eigenvalue weighted by molar-refractivity contribution is -0.143. The van der Waals surface area contributed by atoms with Gasteiger partial charge in [0.2, 0.25) is 23.6 Å². The van der Waals surface area contributed by atoms with E-state index in [2.05, 4.69) is 21.3 Å². The van der Waals surface area contributed by atoms with E-state index >= 15 is 0 Å². The van der Waals surface area contributed by atoms with Crippen molar-refractivity contribution in [2.24, 2.45) is 11.8 Å². The number of likely N-dealkylation sites (tertiary alicyclic amines) is 1. The summed E-state index contributed by atoms with van der Waals surface area (Å²) in [6.45, 7) is 7.77. The lowest BCUT2D eigenvalue weighted by Crippen LogP contribution is -2.58. The third-order valence-corrected chi connectivity index (χ3v) is 7.86. The Morgan fingerprint density at radius 1 is 0.957 bits per heavy atom. The molecule has 0 spiro atoms. The molecule has 1 aromatic rings. The molecule has 14 nitrogen and oxygen atoms in total. The molecule has 4 atom stereocenters. The van der Waals surface area contributed by atoms with Crippen LogP contribution in [0, 0.1) is 11.8 Å². The molecule has 1 heterocycles. The van der Waals surface area contributed by atoms with Crippen LogP contribution in [0.1, 0.15) is 78.2 Å². The molecule has 1 aliphatic rings. The summed E-state index contributed by atoms with van der Waals surface area (Å²) in [5.41, 5.74) is 0.842. The number of nitrogens with one attached hydrogen (secondary N) is 4. The van der Waals surface area contributed by atoms with Crippen molar-refractivity contribution in [3.05, 3.63) is 35.9 Å². The number of alkyl carbamates (subject to hydrolysis) is 1. The first-order valence-corrected chi connectivity index (χ1v) is 16.2. The predicted molar refractivity (Wildman–Crippen MR) is 172 cm³/mol. The van der Waals surface area contributed by atoms with Crippen molar-refractivity contribution < 1.29 is 43.4 Å². The number of hydrogen-bond donors (Lipinski definition) is 5. The van der Waals surface area contributed by atoms with Crippen LogP contribution >= 0.6 is 0 Å². The van der Waals surface area contributed by atoms with Crippen LogP contribution in [-0.2, 0) is 40.1 Å². The number of nitrogens with zero attached hydrogens (tertiary/aromatic N) is 1. The number of unbranched alkanes of at least 4 members (excludes halogenated alkanes) is 1. The van der Waals surface area contributed by atoms with Gasteiger partial charge in [-0.2, -0.15) is 0 Å². The number of hydrogen-bond acceptors (Lipinski definition) is 8. The van der Waals surface area contributed by atoms with Crippen molar-refractivity contribution >= 4 is 42.0 Å². The van der Waals surface area contributed by atoms with Crippen LogP contribution in [0.3, 0.4) is 0 Å². The van der Waals surface area contributed by atoms with E-state index < -0.39 is 66.3 Å². The Morgan fingerprint density at radius 2 is 1.66 bits per heavy atom. The van der Waals surface area contributed by atoms with E-state index in [1.807, 2.05) is 30.3 Å². The molecule has 47 heavy (non-hydrogen) atoms. The average Bonchev–Trinajstić information content (AvgIpc) is 3.53. The van der Waals surface area contributed by atoms with E-state index in [0.717, 1.165) is 5.56 Å². The number of rotatable bonds is 19. The molecule has 260 valence electrons. The third-order valence-electron chi connectivity index (χ3n) is 7.86. The topological polar surface area (TPSA) is 200 Å². The summed E-state index contributed by atoms with van der Waals surface area (Å²) in [5, 5.41) is 19.6. The van der Waals surface area contributed by atoms with Crippen molar-refractivity contribution in [2.75, 3.05) is 13.1 Å². The second-order valence-electron chi connectivity index (χ2n) is 12.3. The number of amides is 5. The molecule has 14 heteroatoms. The first-order chi connectivity index (χ1) is 22.3. The Balaban J connectivity index is 2.02. The molecular weight excluding hydrogens is 610 g/mol.